The lowest BCUT2D eigenvalue weighted by Gasteiger charge is -2.34. The van der Waals surface area contributed by atoms with Gasteiger partial charge in [0, 0.05) is 44.0 Å². The molecule has 23 heavy (non-hydrogen) atoms. The zero-order valence-electron chi connectivity index (χ0n) is 14.2. The van der Waals surface area contributed by atoms with Gasteiger partial charge in [0.15, 0.2) is 5.96 Å². The van der Waals surface area contributed by atoms with Crippen LogP contribution in [0.3, 0.4) is 0 Å². The van der Waals surface area contributed by atoms with Crippen LogP contribution in [0.2, 0.25) is 0 Å². The Bertz CT molecular complexity index is 463. The average molecular weight is 431 g/mol. The summed E-state index contributed by atoms with van der Waals surface area (Å²) in [5, 5.41) is 3.18. The van der Waals surface area contributed by atoms with Crippen LogP contribution in [-0.2, 0) is 6.42 Å². The monoisotopic (exact) mass is 431 g/mol. The summed E-state index contributed by atoms with van der Waals surface area (Å²) in [6, 6.07) is 6.58. The molecule has 0 bridgehead atoms. The average Bonchev–Trinajstić information content (AvgIpc) is 2.54. The summed E-state index contributed by atoms with van der Waals surface area (Å²) in [5.74, 6) is 1.19. The van der Waals surface area contributed by atoms with Crippen LogP contribution in [0.25, 0.3) is 0 Å². The lowest BCUT2D eigenvalue weighted by atomic mass is 9.97. The van der Waals surface area contributed by atoms with Crippen molar-refractivity contribution in [3.8, 4) is 0 Å². The molecular weight excluding hydrogens is 401 g/mol. The number of nitrogens with two attached hydrogens (primary N) is 1. The van der Waals surface area contributed by atoms with Crippen molar-refractivity contribution in [2.75, 3.05) is 26.2 Å². The molecule has 1 aromatic heterocycles. The van der Waals surface area contributed by atoms with E-state index in [-0.39, 0.29) is 24.0 Å². The molecule has 0 amide bonds. The fourth-order valence-electron chi connectivity index (χ4n) is 2.86. The van der Waals surface area contributed by atoms with Crippen molar-refractivity contribution in [2.45, 2.75) is 39.2 Å². The maximum Gasteiger partial charge on any atom is 0.188 e. The van der Waals surface area contributed by atoms with Gasteiger partial charge in [-0.2, -0.15) is 0 Å². The summed E-state index contributed by atoms with van der Waals surface area (Å²) in [5.41, 5.74) is 7.03. The van der Waals surface area contributed by atoms with Crippen molar-refractivity contribution >= 4 is 29.9 Å². The predicted molar refractivity (Wildman–Crippen MR) is 107 cm³/mol. The van der Waals surface area contributed by atoms with Crippen LogP contribution in [0.4, 0.5) is 0 Å². The van der Waals surface area contributed by atoms with Gasteiger partial charge in [0.2, 0.25) is 0 Å². The molecule has 5 nitrogen and oxygen atoms in total. The van der Waals surface area contributed by atoms with Gasteiger partial charge < -0.3 is 16.0 Å². The van der Waals surface area contributed by atoms with Crippen molar-refractivity contribution in [2.24, 2.45) is 16.6 Å². The van der Waals surface area contributed by atoms with E-state index in [4.69, 9.17) is 5.73 Å². The van der Waals surface area contributed by atoms with E-state index in [0.717, 1.165) is 31.7 Å². The van der Waals surface area contributed by atoms with Gasteiger partial charge in [-0.1, -0.05) is 6.07 Å². The number of aliphatic imine (C=N–C) groups is 1. The van der Waals surface area contributed by atoms with Crippen molar-refractivity contribution in [1.29, 1.82) is 0 Å². The highest BCUT2D eigenvalue weighted by molar-refractivity contribution is 14.0. The number of halogens is 1. The molecule has 1 saturated heterocycles. The van der Waals surface area contributed by atoms with Gasteiger partial charge in [0.1, 0.15) is 0 Å². The van der Waals surface area contributed by atoms with Crippen LogP contribution < -0.4 is 11.1 Å². The Morgan fingerprint density at radius 3 is 3.00 bits per heavy atom. The Morgan fingerprint density at radius 1 is 1.48 bits per heavy atom. The number of hydrogen-bond acceptors (Lipinski definition) is 3. The highest BCUT2D eigenvalue weighted by Gasteiger charge is 2.21. The first-order chi connectivity index (χ1) is 10.6. The van der Waals surface area contributed by atoms with Crippen molar-refractivity contribution < 1.29 is 0 Å². The molecule has 130 valence electrons. The SMILES string of the molecule is CC(C)N1CCCC(CN=C(N)NCCc2ccccn2)C1.I. The number of piperidine rings is 1. The predicted octanol–water partition coefficient (Wildman–Crippen LogP) is 2.27. The fraction of sp³-hybridized carbons (Fsp3) is 0.647. The molecule has 6 heteroatoms. The zero-order chi connectivity index (χ0) is 15.8. The summed E-state index contributed by atoms with van der Waals surface area (Å²) < 4.78 is 0. The zero-order valence-corrected chi connectivity index (χ0v) is 16.6. The van der Waals surface area contributed by atoms with Crippen LogP contribution in [0.1, 0.15) is 32.4 Å². The molecule has 1 unspecified atom stereocenters. The van der Waals surface area contributed by atoms with Gasteiger partial charge in [0.05, 0.1) is 0 Å². The molecule has 1 atom stereocenters. The highest BCUT2D eigenvalue weighted by atomic mass is 127. The minimum absolute atomic E-state index is 0. The number of pyridine rings is 1. The van der Waals surface area contributed by atoms with Crippen LogP contribution >= 0.6 is 24.0 Å². The first kappa shape index (κ1) is 20.2. The summed E-state index contributed by atoms with van der Waals surface area (Å²) in [4.78, 5) is 11.3. The largest absolute Gasteiger partial charge is 0.370 e. The van der Waals surface area contributed by atoms with Crippen molar-refractivity contribution in [1.82, 2.24) is 15.2 Å². The lowest BCUT2D eigenvalue weighted by molar-refractivity contribution is 0.143. The van der Waals surface area contributed by atoms with Gasteiger partial charge in [-0.05, 0) is 51.3 Å². The highest BCUT2D eigenvalue weighted by Crippen LogP contribution is 2.18. The van der Waals surface area contributed by atoms with Crippen LogP contribution in [0.15, 0.2) is 29.4 Å². The molecule has 0 aromatic carbocycles. The number of hydrogen-bond donors (Lipinski definition) is 2. The summed E-state index contributed by atoms with van der Waals surface area (Å²) in [6.07, 6.45) is 5.21. The van der Waals surface area contributed by atoms with Crippen LogP contribution in [-0.4, -0.2) is 48.1 Å². The van der Waals surface area contributed by atoms with Gasteiger partial charge in [-0.15, -0.1) is 24.0 Å². The first-order valence-electron chi connectivity index (χ1n) is 8.33. The Balaban J connectivity index is 0.00000264. The molecule has 3 N–H and O–H groups in total. The van der Waals surface area contributed by atoms with Gasteiger partial charge in [-0.25, -0.2) is 0 Å². The Hall–Kier alpha value is -0.890. The van der Waals surface area contributed by atoms with E-state index in [1.54, 1.807) is 0 Å². The minimum atomic E-state index is 0. The molecule has 2 heterocycles. The van der Waals surface area contributed by atoms with E-state index in [1.807, 2.05) is 24.4 Å². The lowest BCUT2D eigenvalue weighted by Crippen LogP contribution is -2.41. The molecule has 0 radical (unpaired) electrons. The van der Waals surface area contributed by atoms with Crippen molar-refractivity contribution in [3.05, 3.63) is 30.1 Å². The number of guanidine groups is 1. The number of nitrogens with zero attached hydrogens (tertiary/aromatic N) is 3. The normalized spacial score (nSPS) is 19.4. The summed E-state index contributed by atoms with van der Waals surface area (Å²) >= 11 is 0. The molecule has 2 rings (SSSR count). The number of likely N-dealkylation sites (tertiary alicyclic amines) is 1. The van der Waals surface area contributed by atoms with Crippen molar-refractivity contribution in [3.63, 3.8) is 0 Å². The maximum atomic E-state index is 5.95. The molecule has 1 fully saturated rings. The Labute approximate surface area is 157 Å². The first-order valence-corrected chi connectivity index (χ1v) is 8.33. The molecule has 1 aliphatic rings. The standard InChI is InChI=1S/C17H29N5.HI/c1-14(2)22-11-5-6-15(13-22)12-21-17(18)20-10-8-16-7-3-4-9-19-16;/h3-4,7,9,14-15H,5-6,8,10-13H2,1-2H3,(H3,18,20,21);1H. The second-order valence-corrected chi connectivity index (χ2v) is 6.32. The third kappa shape index (κ3) is 7.48. The molecular formula is C17H30IN5. The Morgan fingerprint density at radius 2 is 2.30 bits per heavy atom. The Kier molecular flexibility index (Phi) is 9.47. The number of rotatable bonds is 6. The molecule has 0 aliphatic carbocycles. The third-order valence-electron chi connectivity index (χ3n) is 4.21. The summed E-state index contributed by atoms with van der Waals surface area (Å²) in [6.45, 7) is 8.48. The second-order valence-electron chi connectivity index (χ2n) is 6.32. The van der Waals surface area contributed by atoms with E-state index >= 15 is 0 Å². The van der Waals surface area contributed by atoms with E-state index in [0.29, 0.717) is 17.9 Å². The molecule has 0 saturated carbocycles. The number of nitrogens with one attached hydrogen (secondary N) is 1. The van der Waals surface area contributed by atoms with E-state index < -0.39 is 0 Å². The van der Waals surface area contributed by atoms with E-state index in [2.05, 4.69) is 34.0 Å². The molecule has 1 aromatic rings. The van der Waals surface area contributed by atoms with Gasteiger partial charge >= 0.3 is 0 Å². The van der Waals surface area contributed by atoms with Crippen LogP contribution in [0, 0.1) is 5.92 Å². The number of aromatic nitrogens is 1. The van der Waals surface area contributed by atoms with E-state index in [9.17, 15) is 0 Å². The molecule has 1 aliphatic heterocycles. The fourth-order valence-corrected chi connectivity index (χ4v) is 2.86. The second kappa shape index (κ2) is 10.8. The van der Waals surface area contributed by atoms with Gasteiger partial charge in [0.25, 0.3) is 0 Å². The maximum absolute atomic E-state index is 5.95. The minimum Gasteiger partial charge on any atom is -0.370 e. The quantitative estimate of drug-likeness (QED) is 0.412. The van der Waals surface area contributed by atoms with Crippen LogP contribution in [0.5, 0.6) is 0 Å². The smallest absolute Gasteiger partial charge is 0.188 e. The summed E-state index contributed by atoms with van der Waals surface area (Å²) in [7, 11) is 0. The topological polar surface area (TPSA) is 66.5 Å². The van der Waals surface area contributed by atoms with E-state index in [1.165, 1.54) is 19.4 Å². The van der Waals surface area contributed by atoms with Gasteiger partial charge in [-0.3, -0.25) is 9.98 Å². The molecule has 0 spiro atoms. The third-order valence-corrected chi connectivity index (χ3v) is 4.21.